The van der Waals surface area contributed by atoms with Crippen LogP contribution in [-0.4, -0.2) is 51.5 Å². The summed E-state index contributed by atoms with van der Waals surface area (Å²) >= 11 is 0. The van der Waals surface area contributed by atoms with Gasteiger partial charge < -0.3 is 5.11 Å². The van der Waals surface area contributed by atoms with Crippen molar-refractivity contribution in [2.75, 3.05) is 19.7 Å². The van der Waals surface area contributed by atoms with Crippen LogP contribution in [0.2, 0.25) is 0 Å². The Morgan fingerprint density at radius 3 is 1.79 bits per heavy atom. The van der Waals surface area contributed by atoms with Crippen molar-refractivity contribution < 1.29 is 26.1 Å². The quantitative estimate of drug-likeness (QED) is 0.338. The molecule has 0 bridgehead atoms. The lowest BCUT2D eigenvalue weighted by molar-refractivity contribution is 0.0262. The molecular formula is C24H31NO6S2. The molecule has 0 aliphatic heterocycles. The number of aliphatic hydroxyl groups is 1. The molecule has 0 radical (unpaired) electrons. The second-order valence-corrected chi connectivity index (χ2v) is 11.5. The van der Waals surface area contributed by atoms with Crippen molar-refractivity contribution >= 4 is 20.1 Å². The fourth-order valence-corrected chi connectivity index (χ4v) is 5.65. The van der Waals surface area contributed by atoms with E-state index in [9.17, 15) is 21.9 Å². The molecule has 0 saturated carbocycles. The molecular weight excluding hydrogens is 462 g/mol. The van der Waals surface area contributed by atoms with Crippen molar-refractivity contribution in [2.45, 2.75) is 42.1 Å². The summed E-state index contributed by atoms with van der Waals surface area (Å²) in [5.74, 6) is 0. The van der Waals surface area contributed by atoms with Gasteiger partial charge in [0.1, 0.15) is 0 Å². The summed E-state index contributed by atoms with van der Waals surface area (Å²) < 4.78 is 57.9. The molecule has 33 heavy (non-hydrogen) atoms. The van der Waals surface area contributed by atoms with Crippen LogP contribution in [0.4, 0.5) is 0 Å². The minimum Gasteiger partial charge on any atom is -0.388 e. The lowest BCUT2D eigenvalue weighted by Crippen LogP contribution is -2.46. The maximum Gasteiger partial charge on any atom is 0.297 e. The van der Waals surface area contributed by atoms with E-state index in [2.05, 4.69) is 13.2 Å². The van der Waals surface area contributed by atoms with Crippen LogP contribution < -0.4 is 0 Å². The summed E-state index contributed by atoms with van der Waals surface area (Å²) in [6.07, 6.45) is 3.25. The van der Waals surface area contributed by atoms with Gasteiger partial charge in [0.15, 0.2) is 0 Å². The van der Waals surface area contributed by atoms with Gasteiger partial charge in [0.25, 0.3) is 10.1 Å². The summed E-state index contributed by atoms with van der Waals surface area (Å²) in [4.78, 5) is 0.0184. The van der Waals surface area contributed by atoms with Gasteiger partial charge in [-0.25, -0.2) is 8.42 Å². The Morgan fingerprint density at radius 2 is 1.33 bits per heavy atom. The fraction of sp³-hybridized carbons (Fsp3) is 0.333. The van der Waals surface area contributed by atoms with Crippen molar-refractivity contribution in [3.8, 4) is 0 Å². The Hall–Kier alpha value is -2.30. The number of benzene rings is 2. The smallest absolute Gasteiger partial charge is 0.297 e. The highest BCUT2D eigenvalue weighted by Crippen LogP contribution is 2.24. The van der Waals surface area contributed by atoms with Crippen molar-refractivity contribution in [2.24, 2.45) is 0 Å². The molecule has 180 valence electrons. The van der Waals surface area contributed by atoms with Crippen LogP contribution in [0.25, 0.3) is 0 Å². The first-order valence-corrected chi connectivity index (χ1v) is 13.3. The SMILES string of the molecule is C=CCC(O)(CC=C)CN(CCOS(=O)(=O)c1ccc(C)cc1)S(=O)(=O)c1ccc(C)cc1. The molecule has 0 amide bonds. The molecule has 0 atom stereocenters. The van der Waals surface area contributed by atoms with Crippen LogP contribution in [0, 0.1) is 13.8 Å². The highest BCUT2D eigenvalue weighted by molar-refractivity contribution is 7.89. The Labute approximate surface area is 197 Å². The highest BCUT2D eigenvalue weighted by Gasteiger charge is 2.34. The maximum absolute atomic E-state index is 13.4. The first kappa shape index (κ1) is 26.9. The average molecular weight is 494 g/mol. The fourth-order valence-electron chi connectivity index (χ4n) is 3.24. The van der Waals surface area contributed by atoms with Crippen molar-refractivity contribution in [3.05, 3.63) is 85.0 Å². The van der Waals surface area contributed by atoms with E-state index in [-0.39, 0.29) is 35.7 Å². The van der Waals surface area contributed by atoms with Gasteiger partial charge in [-0.15, -0.1) is 13.2 Å². The summed E-state index contributed by atoms with van der Waals surface area (Å²) in [5.41, 5.74) is 0.341. The molecule has 7 nitrogen and oxygen atoms in total. The molecule has 2 rings (SSSR count). The van der Waals surface area contributed by atoms with Crippen LogP contribution in [0.1, 0.15) is 24.0 Å². The molecule has 0 aliphatic carbocycles. The van der Waals surface area contributed by atoms with Crippen LogP contribution in [0.3, 0.4) is 0 Å². The number of aryl methyl sites for hydroxylation is 2. The lowest BCUT2D eigenvalue weighted by Gasteiger charge is -2.32. The van der Waals surface area contributed by atoms with E-state index < -0.39 is 32.3 Å². The Morgan fingerprint density at radius 1 is 0.879 bits per heavy atom. The molecule has 0 aliphatic rings. The summed E-state index contributed by atoms with van der Waals surface area (Å²) in [6.45, 7) is 9.96. The largest absolute Gasteiger partial charge is 0.388 e. The number of hydrogen-bond donors (Lipinski definition) is 1. The monoisotopic (exact) mass is 493 g/mol. The predicted octanol–water partition coefficient (Wildman–Crippen LogP) is 3.58. The standard InChI is InChI=1S/C24H31NO6S2/c1-5-15-24(26,16-6-2)19-25(32(27,28)22-11-7-20(3)8-12-22)17-18-31-33(29,30)23-13-9-21(4)10-14-23/h5-14,26H,1-2,15-19H2,3-4H3. The molecule has 0 heterocycles. The van der Waals surface area contributed by atoms with Crippen molar-refractivity contribution in [1.82, 2.24) is 4.31 Å². The average Bonchev–Trinajstić information content (AvgIpc) is 2.74. The van der Waals surface area contributed by atoms with E-state index in [0.717, 1.165) is 15.4 Å². The normalized spacial score (nSPS) is 12.6. The van der Waals surface area contributed by atoms with E-state index in [1.54, 1.807) is 24.3 Å². The van der Waals surface area contributed by atoms with Crippen LogP contribution in [0.5, 0.6) is 0 Å². The Bertz CT molecular complexity index is 1140. The number of rotatable bonds is 13. The first-order valence-electron chi connectivity index (χ1n) is 10.4. The molecule has 0 fully saturated rings. The third-order valence-electron chi connectivity index (χ3n) is 5.07. The number of hydrogen-bond acceptors (Lipinski definition) is 6. The van der Waals surface area contributed by atoms with Gasteiger partial charge in [-0.1, -0.05) is 47.5 Å². The van der Waals surface area contributed by atoms with E-state index >= 15 is 0 Å². The first-order chi connectivity index (χ1) is 15.4. The summed E-state index contributed by atoms with van der Waals surface area (Å²) in [6, 6.07) is 12.4. The summed E-state index contributed by atoms with van der Waals surface area (Å²) in [5, 5.41) is 11.0. The van der Waals surface area contributed by atoms with Crippen LogP contribution >= 0.6 is 0 Å². The second kappa shape index (κ2) is 11.2. The van der Waals surface area contributed by atoms with Gasteiger partial charge in [-0.3, -0.25) is 4.18 Å². The molecule has 2 aromatic rings. The number of sulfonamides is 1. The van der Waals surface area contributed by atoms with Gasteiger partial charge in [0.2, 0.25) is 10.0 Å². The van der Waals surface area contributed by atoms with Gasteiger partial charge in [-0.2, -0.15) is 12.7 Å². The van der Waals surface area contributed by atoms with E-state index in [0.29, 0.717) is 0 Å². The number of nitrogens with zero attached hydrogens (tertiary/aromatic N) is 1. The van der Waals surface area contributed by atoms with Crippen LogP contribution in [-0.2, 0) is 24.3 Å². The molecule has 1 N–H and O–H groups in total. The third-order valence-corrected chi connectivity index (χ3v) is 8.25. The zero-order valence-electron chi connectivity index (χ0n) is 19.0. The maximum atomic E-state index is 13.4. The molecule has 9 heteroatoms. The highest BCUT2D eigenvalue weighted by atomic mass is 32.2. The van der Waals surface area contributed by atoms with E-state index in [1.807, 2.05) is 13.8 Å². The van der Waals surface area contributed by atoms with Gasteiger partial charge in [-0.05, 0) is 51.0 Å². The molecule has 0 aromatic heterocycles. The lowest BCUT2D eigenvalue weighted by atomic mass is 9.95. The van der Waals surface area contributed by atoms with Gasteiger partial charge >= 0.3 is 0 Å². The van der Waals surface area contributed by atoms with Gasteiger partial charge in [0, 0.05) is 13.1 Å². The Balaban J connectivity index is 2.30. The predicted molar refractivity (Wildman–Crippen MR) is 129 cm³/mol. The molecule has 0 saturated heterocycles. The molecule has 0 spiro atoms. The zero-order chi connectivity index (χ0) is 24.7. The van der Waals surface area contributed by atoms with E-state index in [4.69, 9.17) is 4.18 Å². The third kappa shape index (κ3) is 7.35. The van der Waals surface area contributed by atoms with Crippen LogP contribution in [0.15, 0.2) is 83.6 Å². The van der Waals surface area contributed by atoms with Gasteiger partial charge in [0.05, 0.1) is 22.0 Å². The van der Waals surface area contributed by atoms with Crippen molar-refractivity contribution in [1.29, 1.82) is 0 Å². The zero-order valence-corrected chi connectivity index (χ0v) is 20.6. The summed E-state index contributed by atoms with van der Waals surface area (Å²) in [7, 11) is -8.11. The minimum absolute atomic E-state index is 0.0177. The topological polar surface area (TPSA) is 101 Å². The van der Waals surface area contributed by atoms with E-state index in [1.165, 1.54) is 36.4 Å². The second-order valence-electron chi connectivity index (χ2n) is 7.95. The molecule has 2 aromatic carbocycles. The minimum atomic E-state index is -4.07. The van der Waals surface area contributed by atoms with Crippen molar-refractivity contribution in [3.63, 3.8) is 0 Å². The molecule has 0 unspecified atom stereocenters. The Kier molecular flexibility index (Phi) is 9.16.